The van der Waals surface area contributed by atoms with E-state index in [2.05, 4.69) is 4.98 Å². The molecule has 1 aliphatic rings. The SMILES string of the molecule is CCOc1ccc(/C(O)=C2\C(=O)C(=O)N(c3cccc4ccccc34)C2c2cccnc2)c(OCC)c1. The molecule has 3 aromatic carbocycles. The first-order chi connectivity index (χ1) is 18.0. The van der Waals surface area contributed by atoms with Crippen molar-refractivity contribution in [1.29, 1.82) is 0 Å². The predicted octanol–water partition coefficient (Wildman–Crippen LogP) is 5.66. The lowest BCUT2D eigenvalue weighted by Gasteiger charge is -2.26. The second-order valence-electron chi connectivity index (χ2n) is 8.48. The van der Waals surface area contributed by atoms with Gasteiger partial charge in [0.05, 0.1) is 36.1 Å². The number of nitrogens with zero attached hydrogens (tertiary/aromatic N) is 2. The molecular formula is C30H26N2O5. The van der Waals surface area contributed by atoms with Gasteiger partial charge in [0, 0.05) is 23.8 Å². The van der Waals surface area contributed by atoms with Crippen LogP contribution in [0.3, 0.4) is 0 Å². The number of hydrogen-bond acceptors (Lipinski definition) is 6. The standard InChI is InChI=1S/C30H26N2O5/c1-3-36-21-14-15-23(25(17-21)37-4-2)28(33)26-27(20-11-8-16-31-18-20)32(30(35)29(26)34)24-13-7-10-19-9-5-6-12-22(19)24/h5-18,27,33H,3-4H2,1-2H3/b28-26+. The van der Waals surface area contributed by atoms with E-state index in [1.165, 1.54) is 4.90 Å². The molecule has 0 saturated carbocycles. The fraction of sp³-hybridized carbons (Fsp3) is 0.167. The molecular weight excluding hydrogens is 468 g/mol. The quantitative estimate of drug-likeness (QED) is 0.203. The van der Waals surface area contributed by atoms with Crippen LogP contribution in [0.5, 0.6) is 11.5 Å². The Hall–Kier alpha value is -4.65. The average molecular weight is 495 g/mol. The van der Waals surface area contributed by atoms with Gasteiger partial charge in [0.25, 0.3) is 11.7 Å². The number of carbonyl (C=O) groups excluding carboxylic acids is 2. The molecule has 7 heteroatoms. The number of hydrogen-bond donors (Lipinski definition) is 1. The highest BCUT2D eigenvalue weighted by Gasteiger charge is 2.47. The molecule has 0 spiro atoms. The summed E-state index contributed by atoms with van der Waals surface area (Å²) in [5, 5.41) is 13.3. The highest BCUT2D eigenvalue weighted by atomic mass is 16.5. The fourth-order valence-corrected chi connectivity index (χ4v) is 4.73. The number of aliphatic hydroxyl groups is 1. The first-order valence-corrected chi connectivity index (χ1v) is 12.1. The zero-order valence-corrected chi connectivity index (χ0v) is 20.5. The molecule has 1 aromatic heterocycles. The number of carbonyl (C=O) groups is 2. The molecule has 0 bridgehead atoms. The number of ketones is 1. The van der Waals surface area contributed by atoms with Crippen molar-refractivity contribution in [3.05, 3.63) is 102 Å². The minimum atomic E-state index is -0.888. The summed E-state index contributed by atoms with van der Waals surface area (Å²) in [6.45, 7) is 4.50. The smallest absolute Gasteiger partial charge is 0.300 e. The van der Waals surface area contributed by atoms with Crippen molar-refractivity contribution in [2.45, 2.75) is 19.9 Å². The maximum absolute atomic E-state index is 13.6. The van der Waals surface area contributed by atoms with Gasteiger partial charge in [-0.2, -0.15) is 0 Å². The predicted molar refractivity (Wildman–Crippen MR) is 142 cm³/mol. The molecule has 4 aromatic rings. The molecule has 2 heterocycles. The molecule has 1 unspecified atom stereocenters. The summed E-state index contributed by atoms with van der Waals surface area (Å²) in [6, 6.07) is 20.9. The molecule has 7 nitrogen and oxygen atoms in total. The lowest BCUT2D eigenvalue weighted by Crippen LogP contribution is -2.29. The van der Waals surface area contributed by atoms with Crippen LogP contribution < -0.4 is 14.4 Å². The van der Waals surface area contributed by atoms with Gasteiger partial charge in [-0.15, -0.1) is 0 Å². The second kappa shape index (κ2) is 10.1. The minimum absolute atomic E-state index is 0.0314. The van der Waals surface area contributed by atoms with E-state index in [0.29, 0.717) is 41.5 Å². The molecule has 0 aliphatic carbocycles. The maximum Gasteiger partial charge on any atom is 0.300 e. The number of fused-ring (bicyclic) bond motifs is 1. The van der Waals surface area contributed by atoms with Crippen LogP contribution in [0.1, 0.15) is 31.0 Å². The zero-order chi connectivity index (χ0) is 25.9. The normalized spacial score (nSPS) is 16.8. The largest absolute Gasteiger partial charge is 0.507 e. The summed E-state index contributed by atoms with van der Waals surface area (Å²) in [5.41, 5.74) is 1.44. The van der Waals surface area contributed by atoms with Crippen molar-refractivity contribution < 1.29 is 24.2 Å². The summed E-state index contributed by atoms with van der Waals surface area (Å²) < 4.78 is 11.4. The molecule has 5 rings (SSSR count). The molecule has 1 atom stereocenters. The van der Waals surface area contributed by atoms with Gasteiger partial charge in [-0.3, -0.25) is 19.5 Å². The Labute approximate surface area is 214 Å². The topological polar surface area (TPSA) is 89.0 Å². The third-order valence-corrected chi connectivity index (χ3v) is 6.29. The number of benzene rings is 3. The zero-order valence-electron chi connectivity index (χ0n) is 20.5. The Morgan fingerprint density at radius 2 is 1.73 bits per heavy atom. The molecule has 1 aliphatic heterocycles. The Morgan fingerprint density at radius 1 is 0.946 bits per heavy atom. The summed E-state index contributed by atoms with van der Waals surface area (Å²) in [6.07, 6.45) is 3.22. The van der Waals surface area contributed by atoms with Crippen LogP contribution in [0.2, 0.25) is 0 Å². The number of Topliss-reactive ketones (excluding diaryl/α,β-unsaturated/α-hetero) is 1. The fourth-order valence-electron chi connectivity index (χ4n) is 4.73. The molecule has 0 radical (unpaired) electrons. The Balaban J connectivity index is 1.75. The van der Waals surface area contributed by atoms with Gasteiger partial charge in [-0.1, -0.05) is 42.5 Å². The summed E-state index contributed by atoms with van der Waals surface area (Å²) >= 11 is 0. The van der Waals surface area contributed by atoms with E-state index in [1.807, 2.05) is 50.2 Å². The van der Waals surface area contributed by atoms with Crippen molar-refractivity contribution in [2.75, 3.05) is 18.1 Å². The third-order valence-electron chi connectivity index (χ3n) is 6.29. The van der Waals surface area contributed by atoms with Crippen molar-refractivity contribution >= 4 is 33.9 Å². The van der Waals surface area contributed by atoms with Crippen LogP contribution in [0.4, 0.5) is 5.69 Å². The number of amides is 1. The number of aliphatic hydroxyl groups excluding tert-OH is 1. The molecule has 1 N–H and O–H groups in total. The van der Waals surface area contributed by atoms with Crippen molar-refractivity contribution in [1.82, 2.24) is 4.98 Å². The van der Waals surface area contributed by atoms with Gasteiger partial charge in [0.15, 0.2) is 0 Å². The van der Waals surface area contributed by atoms with E-state index in [9.17, 15) is 14.7 Å². The van der Waals surface area contributed by atoms with Crippen LogP contribution in [0.15, 0.2) is 90.8 Å². The molecule has 186 valence electrons. The van der Waals surface area contributed by atoms with Crippen molar-refractivity contribution in [3.63, 3.8) is 0 Å². The second-order valence-corrected chi connectivity index (χ2v) is 8.48. The van der Waals surface area contributed by atoms with Gasteiger partial charge in [-0.05, 0) is 49.1 Å². The minimum Gasteiger partial charge on any atom is -0.507 e. The Morgan fingerprint density at radius 3 is 2.49 bits per heavy atom. The highest BCUT2D eigenvalue weighted by molar-refractivity contribution is 6.52. The summed E-state index contributed by atoms with van der Waals surface area (Å²) in [4.78, 5) is 32.8. The monoisotopic (exact) mass is 494 g/mol. The van der Waals surface area contributed by atoms with Crippen LogP contribution in [0.25, 0.3) is 16.5 Å². The summed E-state index contributed by atoms with van der Waals surface area (Å²) in [7, 11) is 0. The average Bonchev–Trinajstić information content (AvgIpc) is 3.19. The van der Waals surface area contributed by atoms with Crippen molar-refractivity contribution in [2.24, 2.45) is 0 Å². The van der Waals surface area contributed by atoms with Gasteiger partial charge in [0.1, 0.15) is 17.3 Å². The van der Waals surface area contributed by atoms with Gasteiger partial charge >= 0.3 is 0 Å². The van der Waals surface area contributed by atoms with Crippen LogP contribution in [-0.4, -0.2) is 35.0 Å². The molecule has 1 fully saturated rings. The van der Waals surface area contributed by atoms with E-state index in [1.54, 1.807) is 48.8 Å². The number of pyridine rings is 1. The molecule has 37 heavy (non-hydrogen) atoms. The van der Waals surface area contributed by atoms with Crippen LogP contribution in [0, 0.1) is 0 Å². The van der Waals surface area contributed by atoms with Gasteiger partial charge < -0.3 is 14.6 Å². The third kappa shape index (κ3) is 4.29. The van der Waals surface area contributed by atoms with Crippen LogP contribution in [-0.2, 0) is 9.59 Å². The Bertz CT molecular complexity index is 1510. The van der Waals surface area contributed by atoms with E-state index < -0.39 is 17.7 Å². The number of aromatic nitrogens is 1. The van der Waals surface area contributed by atoms with E-state index >= 15 is 0 Å². The number of anilines is 1. The Kier molecular flexibility index (Phi) is 6.60. The van der Waals surface area contributed by atoms with E-state index in [0.717, 1.165) is 10.8 Å². The first kappa shape index (κ1) is 24.1. The highest BCUT2D eigenvalue weighted by Crippen LogP contribution is 2.45. The molecule has 1 saturated heterocycles. The van der Waals surface area contributed by atoms with E-state index in [4.69, 9.17) is 9.47 Å². The van der Waals surface area contributed by atoms with Crippen LogP contribution >= 0.6 is 0 Å². The van der Waals surface area contributed by atoms with E-state index in [-0.39, 0.29) is 11.3 Å². The first-order valence-electron chi connectivity index (χ1n) is 12.1. The van der Waals surface area contributed by atoms with Crippen molar-refractivity contribution in [3.8, 4) is 11.5 Å². The lowest BCUT2D eigenvalue weighted by molar-refractivity contribution is -0.132. The maximum atomic E-state index is 13.6. The van der Waals surface area contributed by atoms with Gasteiger partial charge in [-0.25, -0.2) is 0 Å². The van der Waals surface area contributed by atoms with Gasteiger partial charge in [0.2, 0.25) is 0 Å². The number of ether oxygens (including phenoxy) is 2. The lowest BCUT2D eigenvalue weighted by atomic mass is 9.95. The summed E-state index contributed by atoms with van der Waals surface area (Å²) in [5.74, 6) is -0.900. The number of rotatable bonds is 7. The molecule has 1 amide bonds.